The van der Waals surface area contributed by atoms with E-state index in [1.807, 2.05) is 0 Å². The minimum absolute atomic E-state index is 0.253. The van der Waals surface area contributed by atoms with E-state index in [-0.39, 0.29) is 12.2 Å². The molecule has 0 heterocycles. The summed E-state index contributed by atoms with van der Waals surface area (Å²) in [5.41, 5.74) is 2.84. The van der Waals surface area contributed by atoms with Crippen LogP contribution in [0.25, 0.3) is 0 Å². The standard InChI is InChI=1S/C22H38O3Si/c1-17(2)24-26(25-18(3)4)16-6-15-23-22-13-11-21(12-14-22)20-9-7-19(5)8-10-20/h7-10,17-18,21-22,26H,6,11-16H2,1-5H3/t21-,22-. The maximum atomic E-state index is 6.16. The van der Waals surface area contributed by atoms with E-state index in [9.17, 15) is 0 Å². The summed E-state index contributed by atoms with van der Waals surface area (Å²) < 4.78 is 18.1. The summed E-state index contributed by atoms with van der Waals surface area (Å²) in [5, 5.41) is 0. The third-order valence-corrected chi connectivity index (χ3v) is 7.58. The van der Waals surface area contributed by atoms with Gasteiger partial charge in [-0.1, -0.05) is 29.8 Å². The zero-order valence-corrected chi connectivity index (χ0v) is 18.5. The Morgan fingerprint density at radius 3 is 2.04 bits per heavy atom. The summed E-state index contributed by atoms with van der Waals surface area (Å²) in [6, 6.07) is 10.1. The lowest BCUT2D eigenvalue weighted by Gasteiger charge is -2.29. The molecule has 1 aromatic rings. The van der Waals surface area contributed by atoms with Crippen molar-refractivity contribution in [1.29, 1.82) is 0 Å². The molecule has 0 bridgehead atoms. The van der Waals surface area contributed by atoms with Gasteiger partial charge in [0.2, 0.25) is 0 Å². The van der Waals surface area contributed by atoms with Crippen molar-refractivity contribution in [3.8, 4) is 0 Å². The van der Waals surface area contributed by atoms with E-state index in [1.165, 1.54) is 36.8 Å². The Kier molecular flexibility index (Phi) is 9.33. The molecule has 0 unspecified atom stereocenters. The molecular weight excluding hydrogens is 340 g/mol. The largest absolute Gasteiger partial charge is 0.394 e. The lowest BCUT2D eigenvalue weighted by Crippen LogP contribution is -2.30. The van der Waals surface area contributed by atoms with Gasteiger partial charge in [-0.05, 0) is 84.2 Å². The van der Waals surface area contributed by atoms with Gasteiger partial charge in [0.15, 0.2) is 0 Å². The monoisotopic (exact) mass is 378 g/mol. The van der Waals surface area contributed by atoms with Crippen LogP contribution in [0.1, 0.15) is 76.8 Å². The molecule has 0 radical (unpaired) electrons. The summed E-state index contributed by atoms with van der Waals surface area (Å²) >= 11 is 0. The maximum Gasteiger partial charge on any atom is 0.321 e. The predicted molar refractivity (Wildman–Crippen MR) is 111 cm³/mol. The van der Waals surface area contributed by atoms with Crippen molar-refractivity contribution in [2.75, 3.05) is 6.61 Å². The van der Waals surface area contributed by atoms with Gasteiger partial charge in [-0.25, -0.2) is 0 Å². The fraction of sp³-hybridized carbons (Fsp3) is 0.727. The first kappa shape index (κ1) is 21.6. The van der Waals surface area contributed by atoms with Crippen LogP contribution in [0.5, 0.6) is 0 Å². The van der Waals surface area contributed by atoms with Crippen LogP contribution >= 0.6 is 0 Å². The molecule has 0 aromatic heterocycles. The molecular formula is C22H38O3Si. The Morgan fingerprint density at radius 1 is 0.923 bits per heavy atom. The second kappa shape index (κ2) is 11.2. The van der Waals surface area contributed by atoms with Gasteiger partial charge >= 0.3 is 9.28 Å². The minimum Gasteiger partial charge on any atom is -0.394 e. The Morgan fingerprint density at radius 2 is 1.50 bits per heavy atom. The number of rotatable bonds is 10. The highest BCUT2D eigenvalue weighted by molar-refractivity contribution is 6.44. The average molecular weight is 379 g/mol. The normalized spacial score (nSPS) is 21.1. The fourth-order valence-corrected chi connectivity index (χ4v) is 5.73. The molecule has 1 aliphatic carbocycles. The Balaban J connectivity index is 1.64. The number of hydrogen-bond acceptors (Lipinski definition) is 3. The number of hydrogen-bond donors (Lipinski definition) is 0. The molecule has 1 aromatic carbocycles. The molecule has 0 N–H and O–H groups in total. The zero-order valence-electron chi connectivity index (χ0n) is 17.4. The topological polar surface area (TPSA) is 27.7 Å². The third-order valence-electron chi connectivity index (χ3n) is 5.01. The highest BCUT2D eigenvalue weighted by Crippen LogP contribution is 2.34. The van der Waals surface area contributed by atoms with Crippen LogP contribution in [0.2, 0.25) is 6.04 Å². The number of aryl methyl sites for hydroxylation is 1. The molecule has 3 nitrogen and oxygen atoms in total. The Bertz CT molecular complexity index is 483. The summed E-state index contributed by atoms with van der Waals surface area (Å²) in [6.45, 7) is 11.4. The number of ether oxygens (including phenoxy) is 1. The Labute approximate surface area is 162 Å². The SMILES string of the molecule is Cc1ccc([C@H]2CC[C@H](OCCC[SiH](OC(C)C)OC(C)C)CC2)cc1. The van der Waals surface area contributed by atoms with Crippen molar-refractivity contribution in [1.82, 2.24) is 0 Å². The first-order valence-electron chi connectivity index (χ1n) is 10.4. The van der Waals surface area contributed by atoms with Crippen molar-refractivity contribution < 1.29 is 13.6 Å². The minimum atomic E-state index is -1.56. The molecule has 0 saturated heterocycles. The lowest BCUT2D eigenvalue weighted by molar-refractivity contribution is 0.0237. The van der Waals surface area contributed by atoms with Gasteiger partial charge < -0.3 is 13.6 Å². The van der Waals surface area contributed by atoms with Crippen molar-refractivity contribution in [3.63, 3.8) is 0 Å². The average Bonchev–Trinajstić information content (AvgIpc) is 2.59. The van der Waals surface area contributed by atoms with Gasteiger partial charge in [0, 0.05) is 18.8 Å². The van der Waals surface area contributed by atoms with E-state index in [4.69, 9.17) is 13.6 Å². The molecule has 2 rings (SSSR count). The maximum absolute atomic E-state index is 6.16. The van der Waals surface area contributed by atoms with E-state index in [0.29, 0.717) is 12.0 Å². The highest BCUT2D eigenvalue weighted by Gasteiger charge is 2.23. The van der Waals surface area contributed by atoms with E-state index < -0.39 is 9.28 Å². The molecule has 148 valence electrons. The summed E-state index contributed by atoms with van der Waals surface area (Å²) in [4.78, 5) is 0. The predicted octanol–water partition coefficient (Wildman–Crippen LogP) is 5.50. The van der Waals surface area contributed by atoms with Crippen LogP contribution < -0.4 is 0 Å². The zero-order chi connectivity index (χ0) is 18.9. The van der Waals surface area contributed by atoms with Crippen LogP contribution in [0.4, 0.5) is 0 Å². The van der Waals surface area contributed by atoms with E-state index >= 15 is 0 Å². The summed E-state index contributed by atoms with van der Waals surface area (Å²) in [6.07, 6.45) is 6.86. The molecule has 0 atom stereocenters. The van der Waals surface area contributed by atoms with Gasteiger partial charge in [-0.3, -0.25) is 0 Å². The van der Waals surface area contributed by atoms with E-state index in [2.05, 4.69) is 58.9 Å². The van der Waals surface area contributed by atoms with Crippen LogP contribution in [-0.2, 0) is 13.6 Å². The molecule has 4 heteroatoms. The summed E-state index contributed by atoms with van der Waals surface area (Å²) in [7, 11) is -1.56. The van der Waals surface area contributed by atoms with Gasteiger partial charge in [0.25, 0.3) is 0 Å². The molecule has 1 fully saturated rings. The smallest absolute Gasteiger partial charge is 0.321 e. The Hall–Kier alpha value is -0.683. The van der Waals surface area contributed by atoms with Crippen molar-refractivity contribution in [2.45, 2.75) is 97.0 Å². The van der Waals surface area contributed by atoms with Crippen LogP contribution in [-0.4, -0.2) is 34.2 Å². The molecule has 26 heavy (non-hydrogen) atoms. The van der Waals surface area contributed by atoms with Crippen molar-refractivity contribution >= 4 is 9.28 Å². The van der Waals surface area contributed by atoms with Gasteiger partial charge in [0.1, 0.15) is 0 Å². The molecule has 0 spiro atoms. The molecule has 0 amide bonds. The van der Waals surface area contributed by atoms with Crippen LogP contribution in [0.3, 0.4) is 0 Å². The second-order valence-corrected chi connectivity index (χ2v) is 10.2. The first-order valence-corrected chi connectivity index (χ1v) is 12.2. The van der Waals surface area contributed by atoms with Gasteiger partial charge in [0.05, 0.1) is 6.10 Å². The molecule has 0 aliphatic heterocycles. The van der Waals surface area contributed by atoms with Crippen LogP contribution in [0, 0.1) is 6.92 Å². The van der Waals surface area contributed by atoms with Crippen molar-refractivity contribution in [2.24, 2.45) is 0 Å². The van der Waals surface area contributed by atoms with E-state index in [1.54, 1.807) is 0 Å². The second-order valence-electron chi connectivity index (χ2n) is 8.20. The molecule has 1 saturated carbocycles. The fourth-order valence-electron chi connectivity index (χ4n) is 3.68. The highest BCUT2D eigenvalue weighted by atomic mass is 28.3. The lowest BCUT2D eigenvalue weighted by atomic mass is 9.82. The summed E-state index contributed by atoms with van der Waals surface area (Å²) in [5.74, 6) is 0.714. The van der Waals surface area contributed by atoms with Crippen molar-refractivity contribution in [3.05, 3.63) is 35.4 Å². The first-order chi connectivity index (χ1) is 12.4. The van der Waals surface area contributed by atoms with E-state index in [0.717, 1.165) is 19.1 Å². The third kappa shape index (κ3) is 7.91. The number of benzene rings is 1. The quantitative estimate of drug-likeness (QED) is 0.397. The van der Waals surface area contributed by atoms with Gasteiger partial charge in [-0.15, -0.1) is 0 Å². The van der Waals surface area contributed by atoms with Crippen LogP contribution in [0.15, 0.2) is 24.3 Å². The molecule has 1 aliphatic rings. The van der Waals surface area contributed by atoms with Gasteiger partial charge in [-0.2, -0.15) is 0 Å².